The molecule has 0 radical (unpaired) electrons. The van der Waals surface area contributed by atoms with Crippen molar-refractivity contribution in [2.24, 2.45) is 0 Å². The fraction of sp³-hybridized carbons (Fsp3) is 1.00. The summed E-state index contributed by atoms with van der Waals surface area (Å²) in [4.78, 5) is 0. The highest BCUT2D eigenvalue weighted by Crippen LogP contribution is 2.53. The van der Waals surface area contributed by atoms with E-state index in [9.17, 15) is 0 Å². The zero-order chi connectivity index (χ0) is 11.5. The molecule has 0 aromatic heterocycles. The Bertz CT molecular complexity index is 294. The molecule has 0 aliphatic carbocycles. The van der Waals surface area contributed by atoms with Gasteiger partial charge in [-0.05, 0) is 12.8 Å². The van der Waals surface area contributed by atoms with Crippen LogP contribution >= 0.6 is 11.6 Å². The van der Waals surface area contributed by atoms with Gasteiger partial charge in [-0.2, -0.15) is 0 Å². The van der Waals surface area contributed by atoms with Gasteiger partial charge in [-0.15, -0.1) is 11.6 Å². The van der Waals surface area contributed by atoms with E-state index >= 15 is 0 Å². The van der Waals surface area contributed by atoms with Gasteiger partial charge in [0, 0.05) is 0 Å². The van der Waals surface area contributed by atoms with E-state index in [-0.39, 0.29) is 12.2 Å². The quantitative estimate of drug-likeness (QED) is 0.600. The van der Waals surface area contributed by atoms with Crippen molar-refractivity contribution in [3.05, 3.63) is 0 Å². The van der Waals surface area contributed by atoms with Crippen LogP contribution in [-0.4, -0.2) is 55.6 Å². The third kappa shape index (κ3) is 1.22. The fourth-order valence-corrected chi connectivity index (χ4v) is 3.92. The number of halogens is 1. The highest BCUT2D eigenvalue weighted by molar-refractivity contribution is 6.22. The Hall–Kier alpha value is 0.0900. The van der Waals surface area contributed by atoms with Gasteiger partial charge < -0.3 is 23.7 Å². The van der Waals surface area contributed by atoms with Gasteiger partial charge in [0.1, 0.15) is 17.6 Å². The molecule has 0 unspecified atom stereocenters. The fourth-order valence-electron chi connectivity index (χ4n) is 3.39. The molecule has 17 heavy (non-hydrogen) atoms. The first kappa shape index (κ1) is 11.0. The Morgan fingerprint density at radius 2 is 1.18 bits per heavy atom. The Labute approximate surface area is 104 Å². The third-order valence-corrected chi connectivity index (χ3v) is 4.71. The van der Waals surface area contributed by atoms with Crippen molar-refractivity contribution in [2.45, 2.75) is 42.0 Å². The van der Waals surface area contributed by atoms with E-state index in [1.54, 1.807) is 0 Å². The number of hydrogen-bond acceptors (Lipinski definition) is 5. The number of hydrogen-bond donors (Lipinski definition) is 0. The molecule has 4 aliphatic rings. The van der Waals surface area contributed by atoms with E-state index in [4.69, 9.17) is 35.3 Å². The van der Waals surface area contributed by atoms with Gasteiger partial charge in [-0.1, -0.05) is 0 Å². The highest BCUT2D eigenvalue weighted by Gasteiger charge is 2.71. The van der Waals surface area contributed by atoms with Crippen LogP contribution in [0.15, 0.2) is 0 Å². The lowest BCUT2D eigenvalue weighted by atomic mass is 9.96. The molecular weight excluding hydrogens is 248 g/mol. The van der Waals surface area contributed by atoms with Gasteiger partial charge >= 0.3 is 0 Å². The molecule has 2 spiro atoms. The van der Waals surface area contributed by atoms with Gasteiger partial charge in [0.15, 0.2) is 0 Å². The van der Waals surface area contributed by atoms with Crippen LogP contribution in [0.3, 0.4) is 0 Å². The first-order valence-corrected chi connectivity index (χ1v) is 6.57. The molecule has 4 saturated heterocycles. The summed E-state index contributed by atoms with van der Waals surface area (Å²) in [7, 11) is 0. The minimum absolute atomic E-state index is 0.101. The summed E-state index contributed by atoms with van der Waals surface area (Å²) < 4.78 is 29.0. The first-order chi connectivity index (χ1) is 8.28. The van der Waals surface area contributed by atoms with Crippen molar-refractivity contribution in [2.75, 3.05) is 26.4 Å². The van der Waals surface area contributed by atoms with Crippen LogP contribution in [0.5, 0.6) is 0 Å². The molecule has 6 heteroatoms. The minimum Gasteiger partial charge on any atom is -0.364 e. The second-order valence-corrected chi connectivity index (χ2v) is 5.33. The summed E-state index contributed by atoms with van der Waals surface area (Å²) in [5.74, 6) is -1.78. The Kier molecular flexibility index (Phi) is 2.29. The molecule has 4 aliphatic heterocycles. The van der Waals surface area contributed by atoms with Crippen LogP contribution in [0.25, 0.3) is 0 Å². The Balaban J connectivity index is 1.77. The van der Waals surface area contributed by atoms with E-state index in [0.717, 1.165) is 12.8 Å². The molecule has 96 valence electrons. The normalized spacial score (nSPS) is 46.1. The lowest BCUT2D eigenvalue weighted by molar-refractivity contribution is -0.344. The average Bonchev–Trinajstić information content (AvgIpc) is 3.07. The zero-order valence-electron chi connectivity index (χ0n) is 9.39. The topological polar surface area (TPSA) is 46.2 Å². The lowest BCUT2D eigenvalue weighted by Gasteiger charge is -2.49. The van der Waals surface area contributed by atoms with E-state index in [0.29, 0.717) is 26.4 Å². The lowest BCUT2D eigenvalue weighted by Crippen LogP contribution is -2.68. The molecule has 0 aromatic carbocycles. The molecule has 4 heterocycles. The van der Waals surface area contributed by atoms with Crippen molar-refractivity contribution in [3.8, 4) is 0 Å². The van der Waals surface area contributed by atoms with Gasteiger partial charge in [0.2, 0.25) is 11.6 Å². The van der Waals surface area contributed by atoms with Gasteiger partial charge in [0.05, 0.1) is 26.4 Å². The van der Waals surface area contributed by atoms with Crippen LogP contribution in [-0.2, 0) is 23.7 Å². The second kappa shape index (κ2) is 3.56. The Morgan fingerprint density at radius 3 is 1.59 bits per heavy atom. The second-order valence-electron chi connectivity index (χ2n) is 4.89. The molecular formula is C11H15ClO5. The maximum atomic E-state index is 6.59. The summed E-state index contributed by atoms with van der Waals surface area (Å²) in [6.07, 6.45) is 1.55. The van der Waals surface area contributed by atoms with Crippen LogP contribution in [0, 0.1) is 0 Å². The van der Waals surface area contributed by atoms with Crippen LogP contribution < -0.4 is 0 Å². The van der Waals surface area contributed by atoms with Crippen LogP contribution in [0.4, 0.5) is 0 Å². The van der Waals surface area contributed by atoms with Crippen molar-refractivity contribution < 1.29 is 23.7 Å². The molecule has 0 N–H and O–H groups in total. The monoisotopic (exact) mass is 262 g/mol. The van der Waals surface area contributed by atoms with Crippen molar-refractivity contribution in [3.63, 3.8) is 0 Å². The zero-order valence-corrected chi connectivity index (χ0v) is 10.1. The summed E-state index contributed by atoms with van der Waals surface area (Å²) in [5.41, 5.74) is 0. The molecule has 0 saturated carbocycles. The largest absolute Gasteiger partial charge is 0.364 e. The van der Waals surface area contributed by atoms with Gasteiger partial charge in [0.25, 0.3) is 0 Å². The highest BCUT2D eigenvalue weighted by atomic mass is 35.5. The van der Waals surface area contributed by atoms with Crippen molar-refractivity contribution >= 4 is 11.6 Å². The summed E-state index contributed by atoms with van der Waals surface area (Å²) in [5, 5.41) is -0.480. The van der Waals surface area contributed by atoms with Crippen LogP contribution in [0.2, 0.25) is 0 Å². The number of ether oxygens (including phenoxy) is 5. The summed E-state index contributed by atoms with van der Waals surface area (Å²) in [6.45, 7) is 2.18. The number of rotatable bonds is 0. The SMILES string of the molecule is ClC1C2(OCCO2)[C@@H]2CC[C@H](O2)C12OCCO2. The standard InChI is InChI=1S/C11H15ClO5/c12-9-10(13-3-4-14-10)7-1-2-8(17-7)11(9)15-5-6-16-11/h7-9H,1-6H2/t7-,8-/m0/s1. The predicted molar refractivity (Wildman–Crippen MR) is 56.8 cm³/mol. The summed E-state index contributed by atoms with van der Waals surface area (Å²) in [6, 6.07) is 0. The third-order valence-electron chi connectivity index (χ3n) is 4.10. The molecule has 5 nitrogen and oxygen atoms in total. The summed E-state index contributed by atoms with van der Waals surface area (Å²) >= 11 is 6.59. The number of alkyl halides is 1. The number of fused-ring (bicyclic) bond motifs is 4. The predicted octanol–water partition coefficient (Wildman–Crippen LogP) is 0.641. The smallest absolute Gasteiger partial charge is 0.217 e. The average molecular weight is 263 g/mol. The molecule has 2 atom stereocenters. The van der Waals surface area contributed by atoms with Crippen LogP contribution in [0.1, 0.15) is 12.8 Å². The van der Waals surface area contributed by atoms with E-state index in [1.165, 1.54) is 0 Å². The molecule has 0 amide bonds. The maximum Gasteiger partial charge on any atom is 0.217 e. The Morgan fingerprint density at radius 1 is 0.765 bits per heavy atom. The first-order valence-electron chi connectivity index (χ1n) is 6.13. The van der Waals surface area contributed by atoms with E-state index < -0.39 is 17.0 Å². The van der Waals surface area contributed by atoms with Gasteiger partial charge in [-0.3, -0.25) is 0 Å². The van der Waals surface area contributed by atoms with Crippen molar-refractivity contribution in [1.82, 2.24) is 0 Å². The minimum atomic E-state index is -0.890. The molecule has 0 aromatic rings. The molecule has 4 rings (SSSR count). The van der Waals surface area contributed by atoms with Gasteiger partial charge in [-0.25, -0.2) is 0 Å². The molecule has 4 fully saturated rings. The molecule has 2 bridgehead atoms. The van der Waals surface area contributed by atoms with E-state index in [1.807, 2.05) is 0 Å². The van der Waals surface area contributed by atoms with Crippen molar-refractivity contribution in [1.29, 1.82) is 0 Å². The maximum absolute atomic E-state index is 6.59. The van der Waals surface area contributed by atoms with E-state index in [2.05, 4.69) is 0 Å².